The van der Waals surface area contributed by atoms with Gasteiger partial charge in [-0.2, -0.15) is 0 Å². The molecule has 0 radical (unpaired) electrons. The van der Waals surface area contributed by atoms with Crippen molar-refractivity contribution in [3.8, 4) is 0 Å². The summed E-state index contributed by atoms with van der Waals surface area (Å²) >= 11 is 0. The molecule has 0 amide bonds. The van der Waals surface area contributed by atoms with Gasteiger partial charge in [0.1, 0.15) is 18.2 Å². The van der Waals surface area contributed by atoms with Gasteiger partial charge in [-0.15, -0.1) is 0 Å². The molecule has 2 N–H and O–H groups in total. The monoisotopic (exact) mass is 280 g/mol. The molecule has 1 fully saturated rings. The molecule has 1 aliphatic heterocycles. The lowest BCUT2D eigenvalue weighted by atomic mass is 9.98. The maximum Gasteiger partial charge on any atom is 0.158 e. The van der Waals surface area contributed by atoms with E-state index in [2.05, 4.69) is 20.2 Å². The van der Waals surface area contributed by atoms with Crippen LogP contribution in [-0.2, 0) is 11.3 Å². The van der Waals surface area contributed by atoms with Crippen molar-refractivity contribution in [1.29, 1.82) is 0 Å². The Kier molecular flexibility index (Phi) is 5.55. The highest BCUT2D eigenvalue weighted by atomic mass is 16.5. The Morgan fingerprint density at radius 1 is 1.40 bits per heavy atom. The van der Waals surface area contributed by atoms with E-state index in [4.69, 9.17) is 4.74 Å². The predicted octanol–water partition coefficient (Wildman–Crippen LogP) is 1.26. The summed E-state index contributed by atoms with van der Waals surface area (Å²) in [7, 11) is 1.86. The zero-order valence-corrected chi connectivity index (χ0v) is 12.3. The Hall–Kier alpha value is -1.40. The average molecular weight is 280 g/mol. The molecule has 0 atom stereocenters. The molecule has 0 saturated carbocycles. The molecule has 1 aromatic rings. The molecular formula is C14H24N4O2. The first-order chi connectivity index (χ1) is 9.76. The minimum atomic E-state index is 0.287. The summed E-state index contributed by atoms with van der Waals surface area (Å²) < 4.78 is 5.39. The van der Waals surface area contributed by atoms with Crippen LogP contribution in [0.3, 0.4) is 0 Å². The van der Waals surface area contributed by atoms with E-state index < -0.39 is 0 Å². The maximum absolute atomic E-state index is 9.20. The fourth-order valence-corrected chi connectivity index (χ4v) is 2.38. The largest absolute Gasteiger partial charge is 0.396 e. The van der Waals surface area contributed by atoms with E-state index in [1.54, 1.807) is 0 Å². The summed E-state index contributed by atoms with van der Waals surface area (Å²) in [6.07, 6.45) is 2.02. The van der Waals surface area contributed by atoms with Crippen molar-refractivity contribution in [2.45, 2.75) is 26.4 Å². The Bertz CT molecular complexity index is 420. The number of aliphatic hydroxyl groups excluding tert-OH is 1. The number of hydrogen-bond acceptors (Lipinski definition) is 6. The highest BCUT2D eigenvalue weighted by molar-refractivity contribution is 5.49. The Balaban J connectivity index is 2.10. The van der Waals surface area contributed by atoms with E-state index >= 15 is 0 Å². The van der Waals surface area contributed by atoms with Gasteiger partial charge >= 0.3 is 0 Å². The van der Waals surface area contributed by atoms with Gasteiger partial charge in [0.2, 0.25) is 0 Å². The summed E-state index contributed by atoms with van der Waals surface area (Å²) in [6.45, 7) is 5.20. The molecule has 2 rings (SSSR count). The number of hydrogen-bond donors (Lipinski definition) is 2. The van der Waals surface area contributed by atoms with Crippen LogP contribution in [0.1, 0.15) is 25.6 Å². The highest BCUT2D eigenvalue weighted by Gasteiger charge is 2.20. The van der Waals surface area contributed by atoms with Crippen molar-refractivity contribution in [3.63, 3.8) is 0 Å². The van der Waals surface area contributed by atoms with Crippen molar-refractivity contribution in [2.75, 3.05) is 43.6 Å². The van der Waals surface area contributed by atoms with Crippen molar-refractivity contribution in [3.05, 3.63) is 11.9 Å². The molecule has 0 aromatic carbocycles. The fraction of sp³-hybridized carbons (Fsp3) is 0.714. The van der Waals surface area contributed by atoms with Gasteiger partial charge in [-0.25, -0.2) is 9.97 Å². The topological polar surface area (TPSA) is 70.5 Å². The SMILES string of the molecule is CCOCc1nc(NC)cc(N2CCC(CO)CC2)n1. The van der Waals surface area contributed by atoms with Crippen LogP contribution < -0.4 is 10.2 Å². The maximum atomic E-state index is 9.20. The quantitative estimate of drug-likeness (QED) is 0.817. The Labute approximate surface area is 120 Å². The van der Waals surface area contributed by atoms with Crippen LogP contribution in [0.5, 0.6) is 0 Å². The number of ether oxygens (including phenoxy) is 1. The average Bonchev–Trinajstić information content (AvgIpc) is 2.52. The molecule has 0 bridgehead atoms. The molecule has 0 aliphatic carbocycles. The molecule has 0 spiro atoms. The van der Waals surface area contributed by atoms with Gasteiger partial charge in [-0.1, -0.05) is 0 Å². The second-order valence-corrected chi connectivity index (χ2v) is 5.03. The van der Waals surface area contributed by atoms with Crippen LogP contribution in [0, 0.1) is 5.92 Å². The zero-order valence-electron chi connectivity index (χ0n) is 12.3. The summed E-state index contributed by atoms with van der Waals surface area (Å²) in [5, 5.41) is 12.3. The number of piperidine rings is 1. The minimum Gasteiger partial charge on any atom is -0.396 e. The lowest BCUT2D eigenvalue weighted by Crippen LogP contribution is -2.35. The van der Waals surface area contributed by atoms with E-state index in [9.17, 15) is 5.11 Å². The lowest BCUT2D eigenvalue weighted by molar-refractivity contribution is 0.128. The van der Waals surface area contributed by atoms with Crippen molar-refractivity contribution in [1.82, 2.24) is 9.97 Å². The molecule has 20 heavy (non-hydrogen) atoms. The number of aliphatic hydroxyl groups is 1. The highest BCUT2D eigenvalue weighted by Crippen LogP contribution is 2.23. The number of nitrogens with one attached hydrogen (secondary N) is 1. The van der Waals surface area contributed by atoms with Crippen LogP contribution in [0.25, 0.3) is 0 Å². The van der Waals surface area contributed by atoms with E-state index in [0.717, 1.165) is 37.6 Å². The number of aromatic nitrogens is 2. The first-order valence-corrected chi connectivity index (χ1v) is 7.26. The van der Waals surface area contributed by atoms with Gasteiger partial charge in [0, 0.05) is 39.4 Å². The van der Waals surface area contributed by atoms with E-state index in [-0.39, 0.29) is 6.61 Å². The standard InChI is InChI=1S/C14H24N4O2/c1-3-20-10-13-16-12(15-2)8-14(17-13)18-6-4-11(9-19)5-7-18/h8,11,19H,3-7,9-10H2,1-2H3,(H,15,16,17). The van der Waals surface area contributed by atoms with Crippen molar-refractivity contribution >= 4 is 11.6 Å². The third-order valence-corrected chi connectivity index (χ3v) is 3.65. The number of nitrogens with zero attached hydrogens (tertiary/aromatic N) is 3. The normalized spacial score (nSPS) is 16.4. The van der Waals surface area contributed by atoms with Gasteiger partial charge < -0.3 is 20.1 Å². The summed E-state index contributed by atoms with van der Waals surface area (Å²) in [5.41, 5.74) is 0. The third kappa shape index (κ3) is 3.80. The molecular weight excluding hydrogens is 256 g/mol. The Morgan fingerprint density at radius 3 is 2.75 bits per heavy atom. The summed E-state index contributed by atoms with van der Waals surface area (Å²) in [4.78, 5) is 11.2. The minimum absolute atomic E-state index is 0.287. The van der Waals surface area contributed by atoms with Gasteiger partial charge in [-0.05, 0) is 25.7 Å². The van der Waals surface area contributed by atoms with Crippen LogP contribution >= 0.6 is 0 Å². The van der Waals surface area contributed by atoms with Gasteiger partial charge in [0.15, 0.2) is 5.82 Å². The van der Waals surface area contributed by atoms with Crippen molar-refractivity contribution < 1.29 is 9.84 Å². The van der Waals surface area contributed by atoms with Crippen LogP contribution in [0.4, 0.5) is 11.6 Å². The first-order valence-electron chi connectivity index (χ1n) is 7.26. The Morgan fingerprint density at radius 2 is 2.15 bits per heavy atom. The molecule has 1 aromatic heterocycles. The molecule has 0 unspecified atom stereocenters. The van der Waals surface area contributed by atoms with E-state index in [1.807, 2.05) is 20.0 Å². The van der Waals surface area contributed by atoms with Crippen LogP contribution in [-0.4, -0.2) is 48.4 Å². The summed E-state index contributed by atoms with van der Waals surface area (Å²) in [5.74, 6) is 2.89. The second-order valence-electron chi connectivity index (χ2n) is 5.03. The first kappa shape index (κ1) is 15.0. The lowest BCUT2D eigenvalue weighted by Gasteiger charge is -2.32. The van der Waals surface area contributed by atoms with E-state index in [0.29, 0.717) is 25.0 Å². The van der Waals surface area contributed by atoms with Crippen molar-refractivity contribution in [2.24, 2.45) is 5.92 Å². The van der Waals surface area contributed by atoms with Crippen LogP contribution in [0.2, 0.25) is 0 Å². The molecule has 112 valence electrons. The van der Waals surface area contributed by atoms with Gasteiger partial charge in [0.25, 0.3) is 0 Å². The molecule has 1 aliphatic rings. The zero-order chi connectivity index (χ0) is 14.4. The third-order valence-electron chi connectivity index (χ3n) is 3.65. The van der Waals surface area contributed by atoms with E-state index in [1.165, 1.54) is 0 Å². The van der Waals surface area contributed by atoms with Crippen LogP contribution in [0.15, 0.2) is 6.07 Å². The fourth-order valence-electron chi connectivity index (χ4n) is 2.38. The molecule has 2 heterocycles. The number of rotatable bonds is 6. The smallest absolute Gasteiger partial charge is 0.158 e. The molecule has 6 heteroatoms. The van der Waals surface area contributed by atoms with Gasteiger partial charge in [-0.3, -0.25) is 0 Å². The molecule has 6 nitrogen and oxygen atoms in total. The second kappa shape index (κ2) is 7.40. The summed E-state index contributed by atoms with van der Waals surface area (Å²) in [6, 6.07) is 1.97. The van der Waals surface area contributed by atoms with Gasteiger partial charge in [0.05, 0.1) is 0 Å². The number of anilines is 2. The predicted molar refractivity (Wildman–Crippen MR) is 78.9 cm³/mol. The molecule has 1 saturated heterocycles.